The number of carbonyl (C=O) groups is 4. The molecule has 3 aromatic carbocycles. The maximum atomic E-state index is 14.4. The number of carbonyl (C=O) groups excluding carboxylic acids is 4. The number of benzene rings is 3. The number of aliphatic hydroxyl groups excluding tert-OH is 1. The largest absolute Gasteiger partial charge is 0.490 e. The third-order valence-corrected chi connectivity index (χ3v) is 16.9. The molecule has 3 aliphatic rings. The van der Waals surface area contributed by atoms with E-state index >= 15 is 0 Å². The van der Waals surface area contributed by atoms with E-state index in [9.17, 15) is 24.3 Å². The summed E-state index contributed by atoms with van der Waals surface area (Å²) in [5.74, 6) is 0.305. The standard InChI is InChI=1S/C56H59ClN8O7S2/c1-28-19-20-73-49(28)35-11-9-33(10-12-35)30(3)58-52(68)43-25-39(66)27-64(43)54(70)50(56(6,7)8)61-53(69)45-22-36-21-40(17-18-44(36)72-45)71-41-23-38(24-41)59-46(67)26-42-51-63-62-32(5)65(51)55-47(29(2)31(4)74-55)48(60-42)34-13-15-37(57)16-14-34/h9-22,30,38-39,41-43,50,66H,23-27H2,1-8H3,(H,58,68)(H,59,67)(H,61,69)/t30-,38?,39+,41?,42-,43-,50+/m0/s1. The van der Waals surface area contributed by atoms with E-state index in [0.717, 1.165) is 44.4 Å². The number of aryl methyl sites for hydroxylation is 3. The predicted molar refractivity (Wildman–Crippen MR) is 288 cm³/mol. The van der Waals surface area contributed by atoms with Gasteiger partial charge in [0, 0.05) is 63.1 Å². The average Bonchev–Trinajstić information content (AvgIpc) is 4.19. The number of rotatable bonds is 13. The lowest BCUT2D eigenvalue weighted by Gasteiger charge is -2.36. The Bertz CT molecular complexity index is 3330. The molecule has 5 atom stereocenters. The summed E-state index contributed by atoms with van der Waals surface area (Å²) in [6, 6.07) is 21.6. The third-order valence-electron chi connectivity index (χ3n) is 14.4. The molecule has 4 aromatic heterocycles. The highest BCUT2D eigenvalue weighted by molar-refractivity contribution is 7.15. The zero-order chi connectivity index (χ0) is 52.3. The molecule has 18 heteroatoms. The molecule has 15 nitrogen and oxygen atoms in total. The number of aliphatic imine (C=N–C) groups is 1. The molecule has 0 radical (unpaired) electrons. The summed E-state index contributed by atoms with van der Waals surface area (Å²) < 4.78 is 14.4. The summed E-state index contributed by atoms with van der Waals surface area (Å²) >= 11 is 9.62. The smallest absolute Gasteiger partial charge is 0.287 e. The first-order chi connectivity index (χ1) is 35.3. The number of likely N-dealkylation sites (tertiary alicyclic amines) is 1. The summed E-state index contributed by atoms with van der Waals surface area (Å²) in [5, 5.41) is 33.2. The maximum Gasteiger partial charge on any atom is 0.287 e. The minimum absolute atomic E-state index is 0.00279. The Morgan fingerprint density at radius 2 is 1.65 bits per heavy atom. The summed E-state index contributed by atoms with van der Waals surface area (Å²) in [4.78, 5) is 64.8. The Kier molecular flexibility index (Phi) is 13.9. The molecular formula is C56H59ClN8O7S2. The topological polar surface area (TPSA) is 193 Å². The highest BCUT2D eigenvalue weighted by Gasteiger charge is 2.45. The molecule has 0 spiro atoms. The number of hydrogen-bond donors (Lipinski definition) is 4. The van der Waals surface area contributed by atoms with Crippen LogP contribution in [0.2, 0.25) is 5.02 Å². The van der Waals surface area contributed by atoms with Crippen LogP contribution in [0.4, 0.5) is 0 Å². The lowest BCUT2D eigenvalue weighted by Crippen LogP contribution is -2.57. The number of β-amino-alcohol motifs (C(OH)–C–C–N with tert-alkyl or cyclic N) is 1. The number of amides is 4. The normalized spacial score (nSPS) is 20.2. The second-order valence-corrected chi connectivity index (χ2v) is 23.4. The van der Waals surface area contributed by atoms with Gasteiger partial charge in [-0.2, -0.15) is 0 Å². The van der Waals surface area contributed by atoms with Crippen molar-refractivity contribution < 1.29 is 33.4 Å². The number of ether oxygens (including phenoxy) is 1. The molecule has 10 rings (SSSR count). The zero-order valence-corrected chi connectivity index (χ0v) is 44.9. The molecule has 1 saturated heterocycles. The SMILES string of the molecule is Cc1ccsc1-c1ccc([C@H](C)NC(=O)[C@@H]2C[C@@H](O)CN2C(=O)[C@@H](NC(=O)c2cc3cc(OC4CC(NC(=O)C[C@@H]5N=C(c6ccc(Cl)cc6)c6c(sc(C)c6C)-n6c(C)nnc65)C4)ccc3o2)C(C)(C)C)cc1. The summed E-state index contributed by atoms with van der Waals surface area (Å²) in [6.07, 6.45) is 0.275. The molecule has 6 heterocycles. The van der Waals surface area contributed by atoms with Crippen LogP contribution in [0.1, 0.15) is 120 Å². The van der Waals surface area contributed by atoms with E-state index in [1.165, 1.54) is 20.2 Å². The Balaban J connectivity index is 0.754. The number of fused-ring (bicyclic) bond motifs is 4. The van der Waals surface area contributed by atoms with Gasteiger partial charge in [0.05, 0.1) is 24.3 Å². The van der Waals surface area contributed by atoms with Crippen LogP contribution in [-0.4, -0.2) is 91.0 Å². The number of aromatic nitrogens is 3. The number of nitrogens with one attached hydrogen (secondary N) is 3. The summed E-state index contributed by atoms with van der Waals surface area (Å²) in [5.41, 5.74) is 6.69. The van der Waals surface area contributed by atoms with Crippen molar-refractivity contribution >= 4 is 74.6 Å². The van der Waals surface area contributed by atoms with Gasteiger partial charge in [0.25, 0.3) is 5.91 Å². The van der Waals surface area contributed by atoms with Crippen molar-refractivity contribution in [2.24, 2.45) is 10.4 Å². The number of aliphatic hydroxyl groups is 1. The van der Waals surface area contributed by atoms with Crippen LogP contribution in [0.15, 0.2) is 93.7 Å². The quantitative estimate of drug-likeness (QED) is 0.0870. The van der Waals surface area contributed by atoms with Crippen molar-refractivity contribution in [2.45, 2.75) is 123 Å². The number of thiophene rings is 2. The molecule has 384 valence electrons. The van der Waals surface area contributed by atoms with Gasteiger partial charge < -0.3 is 35.1 Å². The number of halogens is 1. The Labute approximate surface area is 442 Å². The van der Waals surface area contributed by atoms with Crippen molar-refractivity contribution in [1.82, 2.24) is 35.6 Å². The molecular weight excluding hydrogens is 996 g/mol. The monoisotopic (exact) mass is 1050 g/mol. The van der Waals surface area contributed by atoms with Gasteiger partial charge in [-0.05, 0) is 110 Å². The summed E-state index contributed by atoms with van der Waals surface area (Å²) in [6.45, 7) is 15.5. The third kappa shape index (κ3) is 10.1. The molecule has 1 saturated carbocycles. The van der Waals surface area contributed by atoms with Crippen LogP contribution < -0.4 is 20.7 Å². The van der Waals surface area contributed by atoms with Crippen molar-refractivity contribution in [3.8, 4) is 21.2 Å². The first-order valence-corrected chi connectivity index (χ1v) is 27.0. The zero-order valence-electron chi connectivity index (χ0n) is 42.5. The van der Waals surface area contributed by atoms with Crippen LogP contribution in [0.5, 0.6) is 5.75 Å². The van der Waals surface area contributed by atoms with Crippen LogP contribution in [0.3, 0.4) is 0 Å². The minimum atomic E-state index is -1.06. The molecule has 0 bridgehead atoms. The first-order valence-electron chi connectivity index (χ1n) is 24.9. The van der Waals surface area contributed by atoms with Crippen LogP contribution >= 0.6 is 34.3 Å². The molecule has 4 N–H and O–H groups in total. The van der Waals surface area contributed by atoms with Crippen molar-refractivity contribution in [2.75, 3.05) is 6.54 Å². The lowest BCUT2D eigenvalue weighted by atomic mass is 9.85. The highest BCUT2D eigenvalue weighted by Crippen LogP contribution is 2.40. The minimum Gasteiger partial charge on any atom is -0.490 e. The Morgan fingerprint density at radius 3 is 2.35 bits per heavy atom. The Hall–Kier alpha value is -6.66. The van der Waals surface area contributed by atoms with E-state index in [1.54, 1.807) is 46.9 Å². The van der Waals surface area contributed by atoms with E-state index in [1.807, 2.05) is 87.7 Å². The van der Waals surface area contributed by atoms with Gasteiger partial charge in [-0.25, -0.2) is 0 Å². The second kappa shape index (κ2) is 20.2. The van der Waals surface area contributed by atoms with E-state index in [4.69, 9.17) is 25.7 Å². The van der Waals surface area contributed by atoms with E-state index in [0.29, 0.717) is 40.4 Å². The summed E-state index contributed by atoms with van der Waals surface area (Å²) in [7, 11) is 0. The molecule has 4 amide bonds. The number of hydrogen-bond acceptors (Lipinski definition) is 12. The highest BCUT2D eigenvalue weighted by atomic mass is 35.5. The second-order valence-electron chi connectivity index (χ2n) is 20.8. The van der Waals surface area contributed by atoms with Gasteiger partial charge in [0.15, 0.2) is 11.6 Å². The fraction of sp³-hybridized carbons (Fsp3) is 0.375. The van der Waals surface area contributed by atoms with Gasteiger partial charge >= 0.3 is 0 Å². The van der Waals surface area contributed by atoms with Crippen molar-refractivity contribution in [3.63, 3.8) is 0 Å². The van der Waals surface area contributed by atoms with Gasteiger partial charge in [-0.15, -0.1) is 32.9 Å². The fourth-order valence-corrected chi connectivity index (χ4v) is 12.4. The van der Waals surface area contributed by atoms with E-state index in [-0.39, 0.29) is 55.1 Å². The van der Waals surface area contributed by atoms with E-state index < -0.39 is 41.5 Å². The fourth-order valence-electron chi connectivity index (χ4n) is 10.1. The van der Waals surface area contributed by atoms with Gasteiger partial charge in [0.2, 0.25) is 17.7 Å². The molecule has 1 aliphatic carbocycles. The van der Waals surface area contributed by atoms with Crippen LogP contribution in [-0.2, 0) is 14.4 Å². The molecule has 2 fully saturated rings. The molecule has 7 aromatic rings. The van der Waals surface area contributed by atoms with Crippen LogP contribution in [0.25, 0.3) is 26.4 Å². The number of nitrogens with zero attached hydrogens (tertiary/aromatic N) is 5. The van der Waals surface area contributed by atoms with Crippen molar-refractivity contribution in [1.29, 1.82) is 0 Å². The van der Waals surface area contributed by atoms with Gasteiger partial charge in [-0.1, -0.05) is 68.8 Å². The van der Waals surface area contributed by atoms with Crippen molar-refractivity contribution in [3.05, 3.63) is 139 Å². The molecule has 0 unspecified atom stereocenters. The Morgan fingerprint density at radius 1 is 0.919 bits per heavy atom. The first kappa shape index (κ1) is 50.9. The predicted octanol–water partition coefficient (Wildman–Crippen LogP) is 9.68. The van der Waals surface area contributed by atoms with Crippen LogP contribution in [0, 0.1) is 33.1 Å². The average molecular weight is 1060 g/mol. The van der Waals surface area contributed by atoms with Gasteiger partial charge in [0.1, 0.15) is 46.4 Å². The maximum absolute atomic E-state index is 14.4. The van der Waals surface area contributed by atoms with E-state index in [2.05, 4.69) is 58.4 Å². The number of furan rings is 1. The molecule has 74 heavy (non-hydrogen) atoms. The molecule has 2 aliphatic heterocycles. The lowest BCUT2D eigenvalue weighted by molar-refractivity contribution is -0.142. The van der Waals surface area contributed by atoms with Gasteiger partial charge in [-0.3, -0.25) is 28.7 Å².